The highest BCUT2D eigenvalue weighted by atomic mass is 15.4. The lowest BCUT2D eigenvalue weighted by molar-refractivity contribution is 0.563. The molecule has 0 saturated heterocycles. The van der Waals surface area contributed by atoms with Crippen LogP contribution >= 0.6 is 0 Å². The van der Waals surface area contributed by atoms with Crippen molar-refractivity contribution in [1.29, 1.82) is 0 Å². The van der Waals surface area contributed by atoms with Gasteiger partial charge in [-0.1, -0.05) is 19.1 Å². The van der Waals surface area contributed by atoms with E-state index in [1.54, 1.807) is 4.68 Å². The van der Waals surface area contributed by atoms with E-state index in [1.165, 1.54) is 5.69 Å². The number of hydrogen-bond donors (Lipinski definition) is 1. The Morgan fingerprint density at radius 3 is 2.88 bits per heavy atom. The van der Waals surface area contributed by atoms with E-state index in [2.05, 4.69) is 52.4 Å². The van der Waals surface area contributed by atoms with E-state index in [0.29, 0.717) is 6.04 Å². The lowest BCUT2D eigenvalue weighted by Gasteiger charge is -2.10. The summed E-state index contributed by atoms with van der Waals surface area (Å²) < 4.78 is 3.92. The van der Waals surface area contributed by atoms with Gasteiger partial charge < -0.3 is 9.88 Å². The molecule has 0 aromatic carbocycles. The third-order valence-electron chi connectivity index (χ3n) is 2.60. The molecule has 0 bridgehead atoms. The first-order valence-electron chi connectivity index (χ1n) is 5.88. The second kappa shape index (κ2) is 5.14. The van der Waals surface area contributed by atoms with Gasteiger partial charge in [0.15, 0.2) is 0 Å². The van der Waals surface area contributed by atoms with Gasteiger partial charge in [0.05, 0.1) is 6.54 Å². The summed E-state index contributed by atoms with van der Waals surface area (Å²) in [5.74, 6) is 0. The summed E-state index contributed by atoms with van der Waals surface area (Å²) in [6.45, 7) is 5.95. The molecule has 0 aliphatic carbocycles. The molecule has 0 spiro atoms. The van der Waals surface area contributed by atoms with Crippen molar-refractivity contribution in [3.05, 3.63) is 35.9 Å². The molecule has 0 aliphatic rings. The van der Waals surface area contributed by atoms with Crippen LogP contribution in [0.1, 0.15) is 25.2 Å². The third kappa shape index (κ3) is 3.17. The summed E-state index contributed by atoms with van der Waals surface area (Å²) in [6.07, 6.45) is 4.02. The highest BCUT2D eigenvalue weighted by Crippen LogP contribution is 2.05. The maximum atomic E-state index is 4.10. The molecule has 0 atom stereocenters. The fourth-order valence-electron chi connectivity index (χ4n) is 1.72. The Kier molecular flexibility index (Phi) is 3.58. The van der Waals surface area contributed by atoms with Crippen molar-refractivity contribution in [2.45, 2.75) is 33.0 Å². The van der Waals surface area contributed by atoms with Crippen LogP contribution in [0.4, 0.5) is 0 Å². The lowest BCUT2D eigenvalue weighted by atomic mass is 10.3. The molecule has 2 heterocycles. The molecular formula is C12H19N5. The molecule has 2 rings (SSSR count). The predicted molar refractivity (Wildman–Crippen MR) is 66.5 cm³/mol. The van der Waals surface area contributed by atoms with E-state index in [1.807, 2.05) is 13.2 Å². The predicted octanol–water partition coefficient (Wildman–Crippen LogP) is 1.16. The Hall–Kier alpha value is -1.62. The molecular weight excluding hydrogens is 214 g/mol. The van der Waals surface area contributed by atoms with Gasteiger partial charge in [0.25, 0.3) is 0 Å². The minimum absolute atomic E-state index is 0.495. The number of aryl methyl sites for hydroxylation is 1. The fraction of sp³-hybridized carbons (Fsp3) is 0.500. The zero-order valence-corrected chi connectivity index (χ0v) is 10.6. The van der Waals surface area contributed by atoms with Gasteiger partial charge in [-0.3, -0.25) is 4.68 Å². The molecule has 92 valence electrons. The number of aromatic nitrogens is 4. The van der Waals surface area contributed by atoms with Gasteiger partial charge in [-0.2, -0.15) is 0 Å². The summed E-state index contributed by atoms with van der Waals surface area (Å²) >= 11 is 0. The first-order valence-corrected chi connectivity index (χ1v) is 5.88. The average Bonchev–Trinajstić information content (AvgIpc) is 2.86. The SMILES string of the molecule is CC(C)NCc1cccn1Cc1cn(C)nn1. The van der Waals surface area contributed by atoms with Crippen LogP contribution < -0.4 is 5.32 Å². The Morgan fingerprint density at radius 2 is 2.24 bits per heavy atom. The van der Waals surface area contributed by atoms with Crippen molar-refractivity contribution in [2.24, 2.45) is 7.05 Å². The minimum atomic E-state index is 0.495. The fourth-order valence-corrected chi connectivity index (χ4v) is 1.72. The van der Waals surface area contributed by atoms with Crippen LogP contribution in [0.3, 0.4) is 0 Å². The average molecular weight is 233 g/mol. The van der Waals surface area contributed by atoms with Crippen molar-refractivity contribution >= 4 is 0 Å². The van der Waals surface area contributed by atoms with Gasteiger partial charge in [0.1, 0.15) is 5.69 Å². The Balaban J connectivity index is 2.03. The molecule has 0 unspecified atom stereocenters. The molecule has 5 nitrogen and oxygen atoms in total. The zero-order valence-electron chi connectivity index (χ0n) is 10.6. The molecule has 0 aliphatic heterocycles. The summed E-state index contributed by atoms with van der Waals surface area (Å²) in [5, 5.41) is 11.5. The normalized spacial score (nSPS) is 11.3. The van der Waals surface area contributed by atoms with Gasteiger partial charge in [-0.15, -0.1) is 5.10 Å². The standard InChI is InChI=1S/C12H19N5/c1-10(2)13-7-12-5-4-6-17(12)9-11-8-16(3)15-14-11/h4-6,8,10,13H,7,9H2,1-3H3. The van der Waals surface area contributed by atoms with Gasteiger partial charge in [-0.05, 0) is 12.1 Å². The van der Waals surface area contributed by atoms with E-state index in [0.717, 1.165) is 18.8 Å². The topological polar surface area (TPSA) is 47.7 Å². The highest BCUT2D eigenvalue weighted by molar-refractivity contribution is 5.09. The second-order valence-corrected chi connectivity index (χ2v) is 4.55. The number of hydrogen-bond acceptors (Lipinski definition) is 3. The van der Waals surface area contributed by atoms with E-state index in [4.69, 9.17) is 0 Å². The molecule has 0 saturated carbocycles. The molecule has 0 amide bonds. The van der Waals surface area contributed by atoms with Crippen LogP contribution in [-0.2, 0) is 20.1 Å². The van der Waals surface area contributed by atoms with Gasteiger partial charge in [0, 0.05) is 37.7 Å². The molecule has 0 radical (unpaired) electrons. The minimum Gasteiger partial charge on any atom is -0.344 e. The van der Waals surface area contributed by atoms with Gasteiger partial charge >= 0.3 is 0 Å². The Morgan fingerprint density at radius 1 is 1.41 bits per heavy atom. The van der Waals surface area contributed by atoms with Crippen LogP contribution in [0.5, 0.6) is 0 Å². The molecule has 2 aromatic heterocycles. The van der Waals surface area contributed by atoms with Crippen molar-refractivity contribution in [1.82, 2.24) is 24.9 Å². The summed E-state index contributed by atoms with van der Waals surface area (Å²) in [6, 6.07) is 4.69. The maximum absolute atomic E-state index is 4.10. The number of nitrogens with zero attached hydrogens (tertiary/aromatic N) is 4. The van der Waals surface area contributed by atoms with Crippen LogP contribution in [-0.4, -0.2) is 25.6 Å². The van der Waals surface area contributed by atoms with Crippen LogP contribution in [0.15, 0.2) is 24.5 Å². The van der Waals surface area contributed by atoms with Crippen molar-refractivity contribution in [2.75, 3.05) is 0 Å². The quantitative estimate of drug-likeness (QED) is 0.843. The van der Waals surface area contributed by atoms with Crippen molar-refractivity contribution in [3.8, 4) is 0 Å². The Bertz CT molecular complexity index is 469. The van der Waals surface area contributed by atoms with Gasteiger partial charge in [-0.25, -0.2) is 0 Å². The first-order chi connectivity index (χ1) is 8.15. The smallest absolute Gasteiger partial charge is 0.102 e. The van der Waals surface area contributed by atoms with Crippen molar-refractivity contribution < 1.29 is 0 Å². The molecule has 2 aromatic rings. The van der Waals surface area contributed by atoms with Crippen molar-refractivity contribution in [3.63, 3.8) is 0 Å². The second-order valence-electron chi connectivity index (χ2n) is 4.55. The van der Waals surface area contributed by atoms with E-state index >= 15 is 0 Å². The van der Waals surface area contributed by atoms with E-state index < -0.39 is 0 Å². The van der Waals surface area contributed by atoms with Crippen LogP contribution in [0.25, 0.3) is 0 Å². The lowest BCUT2D eigenvalue weighted by Crippen LogP contribution is -2.23. The number of nitrogens with one attached hydrogen (secondary N) is 1. The van der Waals surface area contributed by atoms with E-state index in [-0.39, 0.29) is 0 Å². The largest absolute Gasteiger partial charge is 0.344 e. The molecule has 0 fully saturated rings. The van der Waals surface area contributed by atoms with Crippen LogP contribution in [0, 0.1) is 0 Å². The molecule has 17 heavy (non-hydrogen) atoms. The molecule has 5 heteroatoms. The summed E-state index contributed by atoms with van der Waals surface area (Å²) in [4.78, 5) is 0. The van der Waals surface area contributed by atoms with Gasteiger partial charge in [0.2, 0.25) is 0 Å². The molecule has 1 N–H and O–H groups in total. The first kappa shape index (κ1) is 11.9. The Labute approximate surface area is 101 Å². The monoisotopic (exact) mass is 233 g/mol. The summed E-state index contributed by atoms with van der Waals surface area (Å²) in [7, 11) is 1.88. The highest BCUT2D eigenvalue weighted by Gasteiger charge is 2.04. The van der Waals surface area contributed by atoms with Crippen LogP contribution in [0.2, 0.25) is 0 Å². The maximum Gasteiger partial charge on any atom is 0.102 e. The summed E-state index contributed by atoms with van der Waals surface area (Å²) in [5.41, 5.74) is 2.25. The van der Waals surface area contributed by atoms with E-state index in [9.17, 15) is 0 Å². The number of rotatable bonds is 5. The zero-order chi connectivity index (χ0) is 12.3. The third-order valence-corrected chi connectivity index (χ3v) is 2.60.